The SMILES string of the molecule is CN(C(=O)CCC(=O)N1CCSc2ccccc21)C1CC2CCC(C1)N2.Cl. The minimum atomic E-state index is 0. The van der Waals surface area contributed by atoms with Crippen molar-refractivity contribution < 1.29 is 9.59 Å². The van der Waals surface area contributed by atoms with Gasteiger partial charge < -0.3 is 15.1 Å². The van der Waals surface area contributed by atoms with Crippen LogP contribution in [0, 0.1) is 0 Å². The van der Waals surface area contributed by atoms with Crippen molar-refractivity contribution in [3.8, 4) is 0 Å². The summed E-state index contributed by atoms with van der Waals surface area (Å²) in [4.78, 5) is 30.3. The fraction of sp³-hybridized carbons (Fsp3) is 0.600. The third kappa shape index (κ3) is 4.44. The number of nitrogens with one attached hydrogen (secondary N) is 1. The number of hydrogen-bond acceptors (Lipinski definition) is 4. The molecule has 148 valence electrons. The molecule has 3 aliphatic rings. The molecule has 2 unspecified atom stereocenters. The molecule has 0 aliphatic carbocycles. The van der Waals surface area contributed by atoms with Crippen LogP contribution in [0.1, 0.15) is 38.5 Å². The largest absolute Gasteiger partial charge is 0.343 e. The highest BCUT2D eigenvalue weighted by Gasteiger charge is 2.36. The second kappa shape index (κ2) is 8.84. The molecule has 0 aromatic heterocycles. The van der Waals surface area contributed by atoms with E-state index in [4.69, 9.17) is 0 Å². The summed E-state index contributed by atoms with van der Waals surface area (Å²) in [5.41, 5.74) is 0.990. The van der Waals surface area contributed by atoms with Crippen molar-refractivity contribution in [3.63, 3.8) is 0 Å². The number of hydrogen-bond donors (Lipinski definition) is 1. The first kappa shape index (κ1) is 20.5. The molecule has 27 heavy (non-hydrogen) atoms. The summed E-state index contributed by atoms with van der Waals surface area (Å²) in [6, 6.07) is 9.49. The molecule has 2 fully saturated rings. The van der Waals surface area contributed by atoms with E-state index in [1.807, 2.05) is 35.0 Å². The summed E-state index contributed by atoms with van der Waals surface area (Å²) in [7, 11) is 1.91. The van der Waals surface area contributed by atoms with Crippen molar-refractivity contribution in [3.05, 3.63) is 24.3 Å². The molecule has 3 heterocycles. The van der Waals surface area contributed by atoms with Crippen LogP contribution in [0.2, 0.25) is 0 Å². The molecule has 3 aliphatic heterocycles. The Bertz CT molecular complexity index is 690. The number of benzene rings is 1. The third-order valence-electron chi connectivity index (χ3n) is 5.97. The van der Waals surface area contributed by atoms with E-state index in [1.165, 1.54) is 12.8 Å². The lowest BCUT2D eigenvalue weighted by Gasteiger charge is -2.35. The molecule has 1 aromatic rings. The monoisotopic (exact) mass is 409 g/mol. The zero-order chi connectivity index (χ0) is 18.1. The lowest BCUT2D eigenvalue weighted by Crippen LogP contribution is -2.48. The Morgan fingerprint density at radius 1 is 1.19 bits per heavy atom. The Morgan fingerprint density at radius 3 is 2.63 bits per heavy atom. The van der Waals surface area contributed by atoms with Gasteiger partial charge in [-0.2, -0.15) is 0 Å². The highest BCUT2D eigenvalue weighted by Crippen LogP contribution is 2.35. The summed E-state index contributed by atoms with van der Waals surface area (Å²) in [6.07, 6.45) is 5.15. The van der Waals surface area contributed by atoms with Crippen LogP contribution < -0.4 is 10.2 Å². The van der Waals surface area contributed by atoms with E-state index in [9.17, 15) is 9.59 Å². The summed E-state index contributed by atoms with van der Waals surface area (Å²) in [5.74, 6) is 1.07. The molecule has 1 N–H and O–H groups in total. The molecule has 7 heteroatoms. The fourth-order valence-corrected chi connectivity index (χ4v) is 5.50. The van der Waals surface area contributed by atoms with E-state index in [0.717, 1.165) is 35.7 Å². The van der Waals surface area contributed by atoms with Crippen LogP contribution in [-0.2, 0) is 9.59 Å². The van der Waals surface area contributed by atoms with Crippen molar-refractivity contribution in [2.24, 2.45) is 0 Å². The van der Waals surface area contributed by atoms with Crippen molar-refractivity contribution in [1.82, 2.24) is 10.2 Å². The number of nitrogens with zero attached hydrogens (tertiary/aromatic N) is 2. The first-order valence-corrected chi connectivity index (χ1v) is 10.6. The van der Waals surface area contributed by atoms with Gasteiger partial charge in [-0.05, 0) is 37.8 Å². The number of thioether (sulfide) groups is 1. The van der Waals surface area contributed by atoms with Crippen molar-refractivity contribution in [2.45, 2.75) is 61.5 Å². The molecular formula is C20H28ClN3O2S. The summed E-state index contributed by atoms with van der Waals surface area (Å²) in [6.45, 7) is 0.724. The maximum atomic E-state index is 12.7. The zero-order valence-electron chi connectivity index (χ0n) is 15.7. The second-order valence-corrected chi connectivity index (χ2v) is 8.77. The molecule has 0 radical (unpaired) electrons. The molecule has 0 saturated carbocycles. The summed E-state index contributed by atoms with van der Waals surface area (Å²) < 4.78 is 0. The lowest BCUT2D eigenvalue weighted by molar-refractivity contribution is -0.134. The fourth-order valence-electron chi connectivity index (χ4n) is 4.50. The van der Waals surface area contributed by atoms with Crippen molar-refractivity contribution in [1.29, 1.82) is 0 Å². The van der Waals surface area contributed by atoms with E-state index in [1.54, 1.807) is 11.8 Å². The number of anilines is 1. The number of halogens is 1. The van der Waals surface area contributed by atoms with E-state index in [2.05, 4.69) is 11.4 Å². The molecule has 1 aromatic carbocycles. The minimum Gasteiger partial charge on any atom is -0.343 e. The molecule has 2 atom stereocenters. The highest BCUT2D eigenvalue weighted by atomic mass is 35.5. The van der Waals surface area contributed by atoms with Crippen LogP contribution in [-0.4, -0.2) is 54.2 Å². The number of amides is 2. The molecule has 2 amide bonds. The zero-order valence-corrected chi connectivity index (χ0v) is 17.4. The standard InChI is InChI=1S/C20H27N3O2S.ClH/c1-22(16-12-14-6-7-15(13-16)21-14)19(24)8-9-20(25)23-10-11-26-18-5-3-2-4-17(18)23;/h2-5,14-16,21H,6-13H2,1H3;1H. The summed E-state index contributed by atoms with van der Waals surface area (Å²) in [5, 5.41) is 3.62. The number of carbonyl (C=O) groups is 2. The van der Waals surface area contributed by atoms with Gasteiger partial charge in [-0.15, -0.1) is 24.2 Å². The normalized spacial score (nSPS) is 26.1. The van der Waals surface area contributed by atoms with Gasteiger partial charge in [0.1, 0.15) is 0 Å². The van der Waals surface area contributed by atoms with Gasteiger partial charge >= 0.3 is 0 Å². The molecule has 4 rings (SSSR count). The van der Waals surface area contributed by atoms with E-state index in [-0.39, 0.29) is 24.2 Å². The smallest absolute Gasteiger partial charge is 0.227 e. The average Bonchev–Trinajstić information content (AvgIpc) is 3.02. The van der Waals surface area contributed by atoms with Gasteiger partial charge in [-0.1, -0.05) is 12.1 Å². The van der Waals surface area contributed by atoms with Gasteiger partial charge in [0.2, 0.25) is 11.8 Å². The Hall–Kier alpha value is -1.24. The van der Waals surface area contributed by atoms with Gasteiger partial charge in [-0.3, -0.25) is 9.59 Å². The molecule has 2 bridgehead atoms. The summed E-state index contributed by atoms with van der Waals surface area (Å²) >= 11 is 1.79. The van der Waals surface area contributed by atoms with Crippen LogP contribution in [0.15, 0.2) is 29.2 Å². The van der Waals surface area contributed by atoms with Crippen LogP contribution in [0.5, 0.6) is 0 Å². The molecule has 2 saturated heterocycles. The Balaban J connectivity index is 0.00000210. The number of fused-ring (bicyclic) bond motifs is 3. The quantitative estimate of drug-likeness (QED) is 0.830. The predicted molar refractivity (Wildman–Crippen MR) is 112 cm³/mol. The van der Waals surface area contributed by atoms with E-state index in [0.29, 0.717) is 31.0 Å². The van der Waals surface area contributed by atoms with Gasteiger partial charge in [0, 0.05) is 55.2 Å². The number of piperidine rings is 1. The first-order chi connectivity index (χ1) is 12.6. The number of para-hydroxylation sites is 1. The topological polar surface area (TPSA) is 52.7 Å². The van der Waals surface area contributed by atoms with Crippen molar-refractivity contribution in [2.75, 3.05) is 24.2 Å². The maximum absolute atomic E-state index is 12.7. The Kier molecular flexibility index (Phi) is 6.71. The molecule has 0 spiro atoms. The van der Waals surface area contributed by atoms with Gasteiger partial charge in [0.25, 0.3) is 0 Å². The van der Waals surface area contributed by atoms with E-state index < -0.39 is 0 Å². The predicted octanol–water partition coefficient (Wildman–Crippen LogP) is 3.07. The first-order valence-electron chi connectivity index (χ1n) is 9.65. The van der Waals surface area contributed by atoms with Gasteiger partial charge in [0.05, 0.1) is 5.69 Å². The van der Waals surface area contributed by atoms with Crippen LogP contribution in [0.25, 0.3) is 0 Å². The van der Waals surface area contributed by atoms with Crippen LogP contribution in [0.4, 0.5) is 5.69 Å². The third-order valence-corrected chi connectivity index (χ3v) is 7.01. The Morgan fingerprint density at radius 2 is 1.89 bits per heavy atom. The maximum Gasteiger partial charge on any atom is 0.227 e. The minimum absolute atomic E-state index is 0. The number of rotatable bonds is 4. The van der Waals surface area contributed by atoms with Crippen LogP contribution >= 0.6 is 24.2 Å². The lowest BCUT2D eigenvalue weighted by atomic mass is 9.98. The second-order valence-electron chi connectivity index (χ2n) is 7.63. The Labute approximate surface area is 171 Å². The molecular weight excluding hydrogens is 382 g/mol. The van der Waals surface area contributed by atoms with Gasteiger partial charge in [-0.25, -0.2) is 0 Å². The van der Waals surface area contributed by atoms with Crippen molar-refractivity contribution >= 4 is 41.7 Å². The van der Waals surface area contributed by atoms with Gasteiger partial charge in [0.15, 0.2) is 0 Å². The molecule has 5 nitrogen and oxygen atoms in total. The van der Waals surface area contributed by atoms with Crippen LogP contribution in [0.3, 0.4) is 0 Å². The highest BCUT2D eigenvalue weighted by molar-refractivity contribution is 7.99. The average molecular weight is 410 g/mol. The number of carbonyl (C=O) groups excluding carboxylic acids is 2. The van der Waals surface area contributed by atoms with E-state index >= 15 is 0 Å².